The van der Waals surface area contributed by atoms with Crippen molar-refractivity contribution in [2.75, 3.05) is 19.8 Å². The molecule has 0 amide bonds. The van der Waals surface area contributed by atoms with Crippen molar-refractivity contribution in [2.24, 2.45) is 0 Å². The molecule has 104 valence electrons. The second-order valence-electron chi connectivity index (χ2n) is 4.11. The quantitative estimate of drug-likeness (QED) is 0.663. The van der Waals surface area contributed by atoms with E-state index >= 15 is 0 Å². The number of thiophene rings is 1. The van der Waals surface area contributed by atoms with Crippen LogP contribution in [0, 0.1) is 0 Å². The van der Waals surface area contributed by atoms with Gasteiger partial charge in [0, 0.05) is 13.2 Å². The maximum absolute atomic E-state index is 5.68. The van der Waals surface area contributed by atoms with Crippen molar-refractivity contribution in [3.8, 4) is 0 Å². The number of hydrogen-bond donors (Lipinski definition) is 1. The van der Waals surface area contributed by atoms with E-state index in [1.807, 2.05) is 13.8 Å². The summed E-state index contributed by atoms with van der Waals surface area (Å²) in [5.41, 5.74) is 1.40. The van der Waals surface area contributed by atoms with Gasteiger partial charge in [-0.3, -0.25) is 0 Å². The van der Waals surface area contributed by atoms with Gasteiger partial charge in [-0.15, -0.1) is 0 Å². The highest BCUT2D eigenvalue weighted by molar-refractivity contribution is 7.07. The van der Waals surface area contributed by atoms with Gasteiger partial charge in [-0.05, 0) is 55.6 Å². The van der Waals surface area contributed by atoms with E-state index in [4.69, 9.17) is 9.47 Å². The van der Waals surface area contributed by atoms with Crippen molar-refractivity contribution >= 4 is 11.3 Å². The van der Waals surface area contributed by atoms with E-state index in [0.29, 0.717) is 13.2 Å². The number of nitrogens with one attached hydrogen (secondary N) is 1. The molecule has 0 aliphatic rings. The summed E-state index contributed by atoms with van der Waals surface area (Å²) < 4.78 is 11.4. The second kappa shape index (κ2) is 9.50. The SMILES string of the molecule is CCNC(CCc1ccsc1)C(OCC)OCC. The highest BCUT2D eigenvalue weighted by Gasteiger charge is 2.21. The maximum atomic E-state index is 5.68. The smallest absolute Gasteiger partial charge is 0.172 e. The van der Waals surface area contributed by atoms with E-state index in [1.54, 1.807) is 11.3 Å². The molecule has 18 heavy (non-hydrogen) atoms. The predicted molar refractivity (Wildman–Crippen MR) is 77.1 cm³/mol. The van der Waals surface area contributed by atoms with Crippen molar-refractivity contribution in [1.29, 1.82) is 0 Å². The first-order valence-electron chi connectivity index (χ1n) is 6.79. The molecule has 1 rings (SSSR count). The van der Waals surface area contributed by atoms with Crippen molar-refractivity contribution in [2.45, 2.75) is 45.9 Å². The third kappa shape index (κ3) is 5.48. The first-order chi connectivity index (χ1) is 8.81. The maximum Gasteiger partial charge on any atom is 0.172 e. The van der Waals surface area contributed by atoms with Crippen LogP contribution in [-0.4, -0.2) is 32.1 Å². The molecule has 0 saturated carbocycles. The van der Waals surface area contributed by atoms with Crippen LogP contribution in [0.1, 0.15) is 32.8 Å². The summed E-state index contributed by atoms with van der Waals surface area (Å²) in [4.78, 5) is 0. The molecule has 0 radical (unpaired) electrons. The van der Waals surface area contributed by atoms with Crippen molar-refractivity contribution in [1.82, 2.24) is 5.32 Å². The van der Waals surface area contributed by atoms with Crippen molar-refractivity contribution < 1.29 is 9.47 Å². The summed E-state index contributed by atoms with van der Waals surface area (Å²) in [6, 6.07) is 2.44. The van der Waals surface area contributed by atoms with E-state index in [1.165, 1.54) is 5.56 Å². The van der Waals surface area contributed by atoms with Gasteiger partial charge in [0.25, 0.3) is 0 Å². The predicted octanol–water partition coefficient (Wildman–Crippen LogP) is 3.06. The van der Waals surface area contributed by atoms with Gasteiger partial charge in [0.05, 0.1) is 6.04 Å². The molecule has 4 heteroatoms. The molecule has 1 aromatic rings. The zero-order valence-corrected chi connectivity index (χ0v) is 12.5. The molecule has 0 bridgehead atoms. The first kappa shape index (κ1) is 15.6. The minimum absolute atomic E-state index is 0.140. The fraction of sp³-hybridized carbons (Fsp3) is 0.714. The molecular formula is C14H25NO2S. The summed E-state index contributed by atoms with van der Waals surface area (Å²) in [5.74, 6) is 0. The number of rotatable bonds is 10. The van der Waals surface area contributed by atoms with Gasteiger partial charge in [0.2, 0.25) is 0 Å². The van der Waals surface area contributed by atoms with Gasteiger partial charge in [-0.25, -0.2) is 0 Å². The monoisotopic (exact) mass is 271 g/mol. The lowest BCUT2D eigenvalue weighted by atomic mass is 10.1. The van der Waals surface area contributed by atoms with Gasteiger partial charge in [0.15, 0.2) is 6.29 Å². The lowest BCUT2D eigenvalue weighted by Crippen LogP contribution is -2.43. The number of likely N-dealkylation sites (N-methyl/N-ethyl adjacent to an activating group) is 1. The molecule has 0 aromatic carbocycles. The molecule has 0 aliphatic heterocycles. The average molecular weight is 271 g/mol. The average Bonchev–Trinajstić information content (AvgIpc) is 2.87. The van der Waals surface area contributed by atoms with E-state index in [-0.39, 0.29) is 12.3 Å². The minimum Gasteiger partial charge on any atom is -0.351 e. The lowest BCUT2D eigenvalue weighted by Gasteiger charge is -2.27. The summed E-state index contributed by atoms with van der Waals surface area (Å²) >= 11 is 1.75. The Kier molecular flexibility index (Phi) is 8.25. The summed E-state index contributed by atoms with van der Waals surface area (Å²) in [6.07, 6.45) is 1.96. The molecule has 0 aliphatic carbocycles. The molecular weight excluding hydrogens is 246 g/mol. The van der Waals surface area contributed by atoms with Gasteiger partial charge < -0.3 is 14.8 Å². The third-order valence-corrected chi connectivity index (χ3v) is 3.51. The van der Waals surface area contributed by atoms with Crippen LogP contribution in [0.5, 0.6) is 0 Å². The molecule has 3 nitrogen and oxygen atoms in total. The van der Waals surface area contributed by atoms with E-state index in [2.05, 4.69) is 29.1 Å². The van der Waals surface area contributed by atoms with Gasteiger partial charge in [-0.1, -0.05) is 6.92 Å². The van der Waals surface area contributed by atoms with Crippen LogP contribution in [0.4, 0.5) is 0 Å². The fourth-order valence-electron chi connectivity index (χ4n) is 1.96. The van der Waals surface area contributed by atoms with Gasteiger partial charge in [-0.2, -0.15) is 11.3 Å². The standard InChI is InChI=1S/C14H25NO2S/c1-4-15-13(14(16-5-2)17-6-3)8-7-12-9-10-18-11-12/h9-11,13-15H,4-8H2,1-3H3. The summed E-state index contributed by atoms with van der Waals surface area (Å²) in [5, 5.41) is 7.80. The van der Waals surface area contributed by atoms with Crippen LogP contribution in [0.25, 0.3) is 0 Å². The summed E-state index contributed by atoms with van der Waals surface area (Å²) in [6.45, 7) is 8.44. The van der Waals surface area contributed by atoms with Crippen LogP contribution < -0.4 is 5.32 Å². The second-order valence-corrected chi connectivity index (χ2v) is 4.89. The molecule has 0 spiro atoms. The minimum atomic E-state index is -0.140. The molecule has 1 atom stereocenters. The molecule has 0 fully saturated rings. The number of ether oxygens (including phenoxy) is 2. The Morgan fingerprint density at radius 3 is 2.44 bits per heavy atom. The fourth-order valence-corrected chi connectivity index (χ4v) is 2.67. The Labute approximate surface area is 114 Å². The molecule has 1 aromatic heterocycles. The van der Waals surface area contributed by atoms with Crippen LogP contribution >= 0.6 is 11.3 Å². The number of aryl methyl sites for hydroxylation is 1. The van der Waals surface area contributed by atoms with Gasteiger partial charge >= 0.3 is 0 Å². The Morgan fingerprint density at radius 1 is 1.22 bits per heavy atom. The zero-order chi connectivity index (χ0) is 13.2. The van der Waals surface area contributed by atoms with Crippen molar-refractivity contribution in [3.63, 3.8) is 0 Å². The van der Waals surface area contributed by atoms with E-state index < -0.39 is 0 Å². The third-order valence-electron chi connectivity index (χ3n) is 2.78. The van der Waals surface area contributed by atoms with E-state index in [9.17, 15) is 0 Å². The Hall–Kier alpha value is -0.420. The van der Waals surface area contributed by atoms with Crippen LogP contribution in [-0.2, 0) is 15.9 Å². The van der Waals surface area contributed by atoms with Crippen molar-refractivity contribution in [3.05, 3.63) is 22.4 Å². The summed E-state index contributed by atoms with van der Waals surface area (Å²) in [7, 11) is 0. The van der Waals surface area contributed by atoms with E-state index in [0.717, 1.165) is 19.4 Å². The normalized spacial score (nSPS) is 13.1. The molecule has 1 heterocycles. The lowest BCUT2D eigenvalue weighted by molar-refractivity contribution is -0.154. The molecule has 1 N–H and O–H groups in total. The molecule has 0 saturated heterocycles. The first-order valence-corrected chi connectivity index (χ1v) is 7.73. The topological polar surface area (TPSA) is 30.5 Å². The Morgan fingerprint density at radius 2 is 1.94 bits per heavy atom. The largest absolute Gasteiger partial charge is 0.351 e. The van der Waals surface area contributed by atoms with Crippen LogP contribution in [0.15, 0.2) is 16.8 Å². The van der Waals surface area contributed by atoms with Crippen LogP contribution in [0.2, 0.25) is 0 Å². The highest BCUT2D eigenvalue weighted by atomic mass is 32.1. The zero-order valence-electron chi connectivity index (χ0n) is 11.6. The Bertz CT molecular complexity index is 284. The number of hydrogen-bond acceptors (Lipinski definition) is 4. The van der Waals surface area contributed by atoms with Gasteiger partial charge in [0.1, 0.15) is 0 Å². The Balaban J connectivity index is 2.49. The highest BCUT2D eigenvalue weighted by Crippen LogP contribution is 2.13. The van der Waals surface area contributed by atoms with Crippen LogP contribution in [0.3, 0.4) is 0 Å². The molecule has 1 unspecified atom stereocenters.